The van der Waals surface area contributed by atoms with Gasteiger partial charge < -0.3 is 10.0 Å². The number of likely N-dealkylation sites (tertiary alicyclic amines) is 1. The molecular formula is C13H23NO2. The predicted octanol–water partition coefficient (Wildman–Crippen LogP) is 1.80. The zero-order chi connectivity index (χ0) is 11.8. The average molecular weight is 225 g/mol. The summed E-state index contributed by atoms with van der Waals surface area (Å²) in [4.78, 5) is 14.3. The van der Waals surface area contributed by atoms with Crippen LogP contribution in [-0.4, -0.2) is 35.1 Å². The Labute approximate surface area is 97.8 Å². The molecule has 0 aromatic heterocycles. The van der Waals surface area contributed by atoms with Crippen molar-refractivity contribution in [1.29, 1.82) is 0 Å². The van der Waals surface area contributed by atoms with Crippen LogP contribution in [-0.2, 0) is 4.79 Å². The Morgan fingerprint density at radius 3 is 2.75 bits per heavy atom. The maximum atomic E-state index is 12.3. The summed E-state index contributed by atoms with van der Waals surface area (Å²) in [5, 5.41) is 8.85. The van der Waals surface area contributed by atoms with Gasteiger partial charge in [0.15, 0.2) is 0 Å². The highest BCUT2D eigenvalue weighted by Crippen LogP contribution is 2.53. The van der Waals surface area contributed by atoms with Crippen LogP contribution in [0.5, 0.6) is 0 Å². The van der Waals surface area contributed by atoms with Crippen molar-refractivity contribution in [2.75, 3.05) is 13.2 Å². The lowest BCUT2D eigenvalue weighted by Crippen LogP contribution is -2.37. The summed E-state index contributed by atoms with van der Waals surface area (Å²) in [6, 6.07) is 0.399. The van der Waals surface area contributed by atoms with E-state index in [0.29, 0.717) is 11.9 Å². The third kappa shape index (κ3) is 2.24. The molecule has 0 aromatic carbocycles. The SMILES string of the molecule is CC1(C)CC1C(=O)N1CCCC1CCCO. The fourth-order valence-electron chi connectivity index (χ4n) is 2.84. The molecule has 1 saturated carbocycles. The maximum absolute atomic E-state index is 12.3. The molecule has 0 aromatic rings. The normalized spacial score (nSPS) is 31.8. The maximum Gasteiger partial charge on any atom is 0.226 e. The molecule has 1 saturated heterocycles. The molecule has 1 aliphatic carbocycles. The Morgan fingerprint density at radius 1 is 1.50 bits per heavy atom. The van der Waals surface area contributed by atoms with Crippen molar-refractivity contribution in [3.05, 3.63) is 0 Å². The van der Waals surface area contributed by atoms with Crippen LogP contribution in [0.25, 0.3) is 0 Å². The zero-order valence-corrected chi connectivity index (χ0v) is 10.4. The van der Waals surface area contributed by atoms with Crippen molar-refractivity contribution in [3.63, 3.8) is 0 Å². The lowest BCUT2D eigenvalue weighted by Gasteiger charge is -2.25. The molecule has 3 heteroatoms. The van der Waals surface area contributed by atoms with Crippen LogP contribution in [0.3, 0.4) is 0 Å². The Morgan fingerprint density at radius 2 is 2.19 bits per heavy atom. The number of nitrogens with zero attached hydrogens (tertiary/aromatic N) is 1. The van der Waals surface area contributed by atoms with E-state index in [2.05, 4.69) is 18.7 Å². The Balaban J connectivity index is 1.90. The van der Waals surface area contributed by atoms with Gasteiger partial charge in [0.2, 0.25) is 5.91 Å². The van der Waals surface area contributed by atoms with E-state index in [-0.39, 0.29) is 17.9 Å². The van der Waals surface area contributed by atoms with Gasteiger partial charge in [0.1, 0.15) is 0 Å². The number of aliphatic hydroxyl groups excluding tert-OH is 1. The fraction of sp³-hybridized carbons (Fsp3) is 0.923. The van der Waals surface area contributed by atoms with Gasteiger partial charge in [0, 0.05) is 25.1 Å². The van der Waals surface area contributed by atoms with Crippen LogP contribution in [0.1, 0.15) is 46.0 Å². The van der Waals surface area contributed by atoms with Crippen LogP contribution in [0.15, 0.2) is 0 Å². The Bertz CT molecular complexity index is 275. The number of amides is 1. The number of hydrogen-bond acceptors (Lipinski definition) is 2. The second-order valence-electron chi connectivity index (χ2n) is 5.94. The molecule has 2 unspecified atom stereocenters. The van der Waals surface area contributed by atoms with Gasteiger partial charge in [-0.15, -0.1) is 0 Å². The monoisotopic (exact) mass is 225 g/mol. The van der Waals surface area contributed by atoms with Crippen molar-refractivity contribution >= 4 is 5.91 Å². The molecule has 1 aliphatic heterocycles. The quantitative estimate of drug-likeness (QED) is 0.792. The Hall–Kier alpha value is -0.570. The van der Waals surface area contributed by atoms with Crippen LogP contribution in [0, 0.1) is 11.3 Å². The van der Waals surface area contributed by atoms with Crippen LogP contribution in [0.2, 0.25) is 0 Å². The molecule has 1 N–H and O–H groups in total. The molecule has 92 valence electrons. The first-order chi connectivity index (χ1) is 7.56. The van der Waals surface area contributed by atoms with Crippen molar-refractivity contribution in [2.24, 2.45) is 11.3 Å². The summed E-state index contributed by atoms with van der Waals surface area (Å²) in [5.41, 5.74) is 0.237. The summed E-state index contributed by atoms with van der Waals surface area (Å²) in [5.74, 6) is 0.632. The van der Waals surface area contributed by atoms with E-state index < -0.39 is 0 Å². The van der Waals surface area contributed by atoms with E-state index in [1.807, 2.05) is 0 Å². The topological polar surface area (TPSA) is 40.5 Å². The van der Waals surface area contributed by atoms with Gasteiger partial charge in [0.25, 0.3) is 0 Å². The van der Waals surface area contributed by atoms with Gasteiger partial charge in [-0.1, -0.05) is 13.8 Å². The molecule has 1 heterocycles. The molecule has 16 heavy (non-hydrogen) atoms. The number of hydrogen-bond donors (Lipinski definition) is 1. The van der Waals surface area contributed by atoms with E-state index in [1.54, 1.807) is 0 Å². The number of rotatable bonds is 4. The highest BCUT2D eigenvalue weighted by atomic mass is 16.3. The Kier molecular flexibility index (Phi) is 3.24. The van der Waals surface area contributed by atoms with Crippen molar-refractivity contribution < 1.29 is 9.90 Å². The first-order valence-corrected chi connectivity index (χ1v) is 6.47. The van der Waals surface area contributed by atoms with Crippen LogP contribution < -0.4 is 0 Å². The van der Waals surface area contributed by atoms with E-state index in [9.17, 15) is 4.79 Å². The first-order valence-electron chi connectivity index (χ1n) is 6.47. The van der Waals surface area contributed by atoms with Gasteiger partial charge in [-0.05, 0) is 37.5 Å². The molecule has 0 radical (unpaired) electrons. The van der Waals surface area contributed by atoms with E-state index in [1.165, 1.54) is 0 Å². The minimum atomic E-state index is 0.237. The highest BCUT2D eigenvalue weighted by molar-refractivity contribution is 5.83. The van der Waals surface area contributed by atoms with Crippen molar-refractivity contribution in [3.8, 4) is 0 Å². The van der Waals surface area contributed by atoms with E-state index in [0.717, 1.165) is 38.6 Å². The third-order valence-corrected chi connectivity index (χ3v) is 4.17. The smallest absolute Gasteiger partial charge is 0.226 e. The fourth-order valence-corrected chi connectivity index (χ4v) is 2.84. The minimum Gasteiger partial charge on any atom is -0.396 e. The number of carbonyl (C=O) groups is 1. The molecule has 2 atom stereocenters. The molecule has 1 amide bonds. The predicted molar refractivity (Wildman–Crippen MR) is 62.9 cm³/mol. The summed E-state index contributed by atoms with van der Waals surface area (Å²) in [7, 11) is 0. The summed E-state index contributed by atoms with van der Waals surface area (Å²) < 4.78 is 0. The van der Waals surface area contributed by atoms with Gasteiger partial charge in [-0.3, -0.25) is 4.79 Å². The average Bonchev–Trinajstić information content (AvgIpc) is 2.69. The van der Waals surface area contributed by atoms with Crippen LogP contribution >= 0.6 is 0 Å². The van der Waals surface area contributed by atoms with Crippen molar-refractivity contribution in [2.45, 2.75) is 52.0 Å². The number of aliphatic hydroxyl groups is 1. The highest BCUT2D eigenvalue weighted by Gasteiger charge is 2.52. The summed E-state index contributed by atoms with van der Waals surface area (Å²) in [6.07, 6.45) is 5.10. The van der Waals surface area contributed by atoms with Gasteiger partial charge >= 0.3 is 0 Å². The van der Waals surface area contributed by atoms with Crippen molar-refractivity contribution in [1.82, 2.24) is 4.90 Å². The molecule has 2 fully saturated rings. The van der Waals surface area contributed by atoms with Crippen LogP contribution in [0.4, 0.5) is 0 Å². The molecule has 0 spiro atoms. The number of carbonyl (C=O) groups excluding carboxylic acids is 1. The zero-order valence-electron chi connectivity index (χ0n) is 10.4. The summed E-state index contributed by atoms with van der Waals surface area (Å²) >= 11 is 0. The van der Waals surface area contributed by atoms with E-state index >= 15 is 0 Å². The lowest BCUT2D eigenvalue weighted by atomic mass is 10.1. The van der Waals surface area contributed by atoms with Gasteiger partial charge in [-0.2, -0.15) is 0 Å². The molecule has 2 rings (SSSR count). The second kappa shape index (κ2) is 4.36. The molecule has 3 nitrogen and oxygen atoms in total. The lowest BCUT2D eigenvalue weighted by molar-refractivity contribution is -0.134. The summed E-state index contributed by atoms with van der Waals surface area (Å²) in [6.45, 7) is 5.53. The second-order valence-corrected chi connectivity index (χ2v) is 5.94. The minimum absolute atomic E-state index is 0.237. The standard InChI is InChI=1S/C13H23NO2/c1-13(2)9-11(13)12(16)14-7-3-5-10(14)6-4-8-15/h10-11,15H,3-9H2,1-2H3. The van der Waals surface area contributed by atoms with Gasteiger partial charge in [-0.25, -0.2) is 0 Å². The van der Waals surface area contributed by atoms with Gasteiger partial charge in [0.05, 0.1) is 0 Å². The third-order valence-electron chi connectivity index (χ3n) is 4.17. The van der Waals surface area contributed by atoms with E-state index in [4.69, 9.17) is 5.11 Å². The largest absolute Gasteiger partial charge is 0.396 e. The molecular weight excluding hydrogens is 202 g/mol. The molecule has 0 bridgehead atoms. The molecule has 2 aliphatic rings. The first kappa shape index (κ1) is 11.9.